The fraction of sp³-hybridized carbons (Fsp3) is 1.00. The van der Waals surface area contributed by atoms with Gasteiger partial charge in [0.15, 0.2) is 0 Å². The molecule has 3 heteroatoms. The van der Waals surface area contributed by atoms with E-state index in [-0.39, 0.29) is 0 Å². The summed E-state index contributed by atoms with van der Waals surface area (Å²) in [5.41, 5.74) is 0. The van der Waals surface area contributed by atoms with Crippen LogP contribution in [0.15, 0.2) is 0 Å². The maximum atomic E-state index is 5.59. The highest BCUT2D eigenvalue weighted by Crippen LogP contribution is 2.14. The van der Waals surface area contributed by atoms with Crippen molar-refractivity contribution in [2.24, 2.45) is 0 Å². The highest BCUT2D eigenvalue weighted by atomic mass is 32.1. The average Bonchev–Trinajstić information content (AvgIpc) is 1.85. The van der Waals surface area contributed by atoms with Gasteiger partial charge in [0.1, 0.15) is 0 Å². The van der Waals surface area contributed by atoms with Crippen LogP contribution < -0.4 is 0 Å². The molecule has 1 aliphatic heterocycles. The minimum absolute atomic E-state index is 0.351. The summed E-state index contributed by atoms with van der Waals surface area (Å²) < 4.78 is 5.59. The minimum atomic E-state index is 0.351. The second kappa shape index (κ2) is 3.78. The summed E-state index contributed by atoms with van der Waals surface area (Å²) in [6.07, 6.45) is 0.710. The highest BCUT2D eigenvalue weighted by molar-refractivity contribution is 7.80. The van der Waals surface area contributed by atoms with Crippen molar-refractivity contribution in [1.82, 2.24) is 4.90 Å². The largest absolute Gasteiger partial charge is 0.373 e. The second-order valence-corrected chi connectivity index (χ2v) is 4.09. The van der Waals surface area contributed by atoms with Crippen LogP contribution in [0.1, 0.15) is 20.8 Å². The van der Waals surface area contributed by atoms with Crippen molar-refractivity contribution < 1.29 is 4.74 Å². The SMILES string of the molecule is CC1CN(C(C)S)CC(C)O1. The molecular weight excluding hydrogens is 158 g/mol. The first-order chi connectivity index (χ1) is 5.09. The highest BCUT2D eigenvalue weighted by Gasteiger charge is 2.23. The van der Waals surface area contributed by atoms with Crippen molar-refractivity contribution in [1.29, 1.82) is 0 Å². The lowest BCUT2D eigenvalue weighted by molar-refractivity contribution is -0.0696. The Morgan fingerprint density at radius 2 is 1.82 bits per heavy atom. The molecule has 3 unspecified atom stereocenters. The van der Waals surface area contributed by atoms with Crippen molar-refractivity contribution >= 4 is 12.6 Å². The van der Waals surface area contributed by atoms with E-state index in [1.165, 1.54) is 0 Å². The summed E-state index contributed by atoms with van der Waals surface area (Å²) in [6, 6.07) is 0. The molecule has 0 radical (unpaired) electrons. The van der Waals surface area contributed by atoms with Gasteiger partial charge in [0.05, 0.1) is 17.6 Å². The number of thiol groups is 1. The Morgan fingerprint density at radius 1 is 1.36 bits per heavy atom. The van der Waals surface area contributed by atoms with Gasteiger partial charge in [-0.05, 0) is 20.8 Å². The lowest BCUT2D eigenvalue weighted by atomic mass is 10.2. The first-order valence-electron chi connectivity index (χ1n) is 4.17. The molecule has 2 nitrogen and oxygen atoms in total. The number of morpholine rings is 1. The zero-order chi connectivity index (χ0) is 8.43. The molecule has 0 spiro atoms. The third-order valence-corrected chi connectivity index (χ3v) is 2.30. The molecule has 11 heavy (non-hydrogen) atoms. The predicted octanol–water partition coefficient (Wildman–Crippen LogP) is 1.37. The Morgan fingerprint density at radius 3 is 2.18 bits per heavy atom. The van der Waals surface area contributed by atoms with E-state index in [0.29, 0.717) is 17.6 Å². The Balaban J connectivity index is 2.43. The Bertz CT molecular complexity index is 119. The van der Waals surface area contributed by atoms with Crippen molar-refractivity contribution in [3.05, 3.63) is 0 Å². The first kappa shape index (κ1) is 9.36. The fourth-order valence-electron chi connectivity index (χ4n) is 1.52. The molecule has 66 valence electrons. The van der Waals surface area contributed by atoms with Crippen molar-refractivity contribution in [3.8, 4) is 0 Å². The zero-order valence-electron chi connectivity index (χ0n) is 7.45. The lowest BCUT2D eigenvalue weighted by Crippen LogP contribution is -2.47. The molecular formula is C8H17NOS. The van der Waals surface area contributed by atoms with Gasteiger partial charge >= 0.3 is 0 Å². The van der Waals surface area contributed by atoms with Crippen molar-refractivity contribution in [2.45, 2.75) is 38.4 Å². The standard InChI is InChI=1S/C8H17NOS/c1-6-4-9(8(3)11)5-7(2)10-6/h6-8,11H,4-5H2,1-3H3. The first-order valence-corrected chi connectivity index (χ1v) is 4.69. The van der Waals surface area contributed by atoms with Crippen LogP contribution >= 0.6 is 12.6 Å². The second-order valence-electron chi connectivity index (χ2n) is 3.34. The van der Waals surface area contributed by atoms with Gasteiger partial charge in [-0.15, -0.1) is 0 Å². The molecule has 0 aliphatic carbocycles. The monoisotopic (exact) mass is 175 g/mol. The third kappa shape index (κ3) is 2.65. The summed E-state index contributed by atoms with van der Waals surface area (Å²) in [5, 5.41) is 0.351. The van der Waals surface area contributed by atoms with Gasteiger partial charge in [-0.1, -0.05) is 0 Å². The number of nitrogens with zero attached hydrogens (tertiary/aromatic N) is 1. The van der Waals surface area contributed by atoms with Crippen LogP contribution in [0.25, 0.3) is 0 Å². The summed E-state index contributed by atoms with van der Waals surface area (Å²) in [4.78, 5) is 2.34. The number of hydrogen-bond acceptors (Lipinski definition) is 3. The Labute approximate surface area is 74.3 Å². The molecule has 0 aromatic carbocycles. The van der Waals surface area contributed by atoms with Crippen LogP contribution in [0.3, 0.4) is 0 Å². The van der Waals surface area contributed by atoms with Gasteiger partial charge in [-0.2, -0.15) is 12.6 Å². The maximum Gasteiger partial charge on any atom is 0.0678 e. The number of ether oxygens (including phenoxy) is 1. The van der Waals surface area contributed by atoms with Gasteiger partial charge in [-0.3, -0.25) is 4.90 Å². The normalized spacial score (nSPS) is 37.1. The average molecular weight is 175 g/mol. The Kier molecular flexibility index (Phi) is 3.22. The van der Waals surface area contributed by atoms with E-state index in [2.05, 4.69) is 38.3 Å². The molecule has 1 heterocycles. The van der Waals surface area contributed by atoms with Gasteiger partial charge < -0.3 is 4.74 Å². The van der Waals surface area contributed by atoms with E-state index in [1.807, 2.05) is 0 Å². The zero-order valence-corrected chi connectivity index (χ0v) is 8.34. The van der Waals surface area contributed by atoms with Crippen LogP contribution in [-0.2, 0) is 4.74 Å². The summed E-state index contributed by atoms with van der Waals surface area (Å²) in [5.74, 6) is 0. The molecule has 0 bridgehead atoms. The predicted molar refractivity (Wildman–Crippen MR) is 50.0 cm³/mol. The summed E-state index contributed by atoms with van der Waals surface area (Å²) >= 11 is 4.39. The minimum Gasteiger partial charge on any atom is -0.373 e. The molecule has 0 amide bonds. The van der Waals surface area contributed by atoms with Crippen LogP contribution in [0.2, 0.25) is 0 Å². The molecule has 0 aromatic rings. The molecule has 0 N–H and O–H groups in total. The van der Waals surface area contributed by atoms with Crippen molar-refractivity contribution in [2.75, 3.05) is 13.1 Å². The summed E-state index contributed by atoms with van der Waals surface area (Å²) in [7, 11) is 0. The summed E-state index contributed by atoms with van der Waals surface area (Å²) in [6.45, 7) is 8.34. The number of rotatable bonds is 1. The van der Waals surface area contributed by atoms with Crippen molar-refractivity contribution in [3.63, 3.8) is 0 Å². The van der Waals surface area contributed by atoms with Crippen LogP contribution in [0, 0.1) is 0 Å². The van der Waals surface area contributed by atoms with Gasteiger partial charge in [-0.25, -0.2) is 0 Å². The smallest absolute Gasteiger partial charge is 0.0678 e. The van der Waals surface area contributed by atoms with E-state index < -0.39 is 0 Å². The molecule has 1 aliphatic rings. The topological polar surface area (TPSA) is 12.5 Å². The van der Waals surface area contributed by atoms with E-state index >= 15 is 0 Å². The van der Waals surface area contributed by atoms with Gasteiger partial charge in [0.25, 0.3) is 0 Å². The lowest BCUT2D eigenvalue weighted by Gasteiger charge is -2.37. The quantitative estimate of drug-likeness (QED) is 0.604. The number of hydrogen-bond donors (Lipinski definition) is 1. The van der Waals surface area contributed by atoms with E-state index in [4.69, 9.17) is 4.74 Å². The molecule has 1 rings (SSSR count). The molecule has 1 saturated heterocycles. The fourth-order valence-corrected chi connectivity index (χ4v) is 1.71. The van der Waals surface area contributed by atoms with Crippen LogP contribution in [-0.4, -0.2) is 35.6 Å². The third-order valence-electron chi connectivity index (χ3n) is 1.98. The van der Waals surface area contributed by atoms with Crippen LogP contribution in [0.5, 0.6) is 0 Å². The van der Waals surface area contributed by atoms with E-state index in [1.54, 1.807) is 0 Å². The molecule has 0 saturated carbocycles. The maximum absolute atomic E-state index is 5.59. The molecule has 1 fully saturated rings. The van der Waals surface area contributed by atoms with E-state index in [0.717, 1.165) is 13.1 Å². The molecule has 3 atom stereocenters. The molecule has 0 aromatic heterocycles. The van der Waals surface area contributed by atoms with Gasteiger partial charge in [0.2, 0.25) is 0 Å². The Hall–Kier alpha value is 0.270. The van der Waals surface area contributed by atoms with E-state index in [9.17, 15) is 0 Å². The van der Waals surface area contributed by atoms with Gasteiger partial charge in [0, 0.05) is 13.1 Å². The van der Waals surface area contributed by atoms with Crippen LogP contribution in [0.4, 0.5) is 0 Å².